The molecule has 0 spiro atoms. The predicted octanol–water partition coefficient (Wildman–Crippen LogP) is 3.80. The maximum atomic E-state index is 11.9. The molecule has 1 unspecified atom stereocenters. The third kappa shape index (κ3) is 2.94. The Morgan fingerprint density at radius 1 is 1.42 bits per heavy atom. The molecule has 1 aliphatic heterocycles. The van der Waals surface area contributed by atoms with Crippen LogP contribution in [0.2, 0.25) is 0 Å². The summed E-state index contributed by atoms with van der Waals surface area (Å²) in [7, 11) is 0. The second-order valence-corrected chi connectivity index (χ2v) is 7.60. The second-order valence-electron chi connectivity index (χ2n) is 6.35. The number of allylic oxidation sites excluding steroid dienone is 3. The smallest absolute Gasteiger partial charge is 0.313 e. The van der Waals surface area contributed by atoms with Crippen LogP contribution < -0.4 is 0 Å². The number of benzene rings is 1. The van der Waals surface area contributed by atoms with E-state index in [9.17, 15) is 4.79 Å². The van der Waals surface area contributed by atoms with Crippen LogP contribution in [0.15, 0.2) is 47.9 Å². The molecule has 4 atom stereocenters. The van der Waals surface area contributed by atoms with Gasteiger partial charge in [0.05, 0.1) is 6.61 Å². The van der Waals surface area contributed by atoms with Gasteiger partial charge in [-0.1, -0.05) is 12.1 Å². The van der Waals surface area contributed by atoms with E-state index in [1.807, 2.05) is 19.1 Å². The monoisotopic (exact) mass is 438 g/mol. The number of ether oxygens (including phenoxy) is 3. The standard InChI is InChI=1S/C19H19IO4/c1-2-22-19(21)17-16-14-7-6-13(9-15(14)24-18(16)17)23-10-11-4-3-5-12(20)8-11/h3-6,8-9,14,16-18H,2,7,10H2,1H3/t14?,16-,17-,18-/m1/s1. The highest BCUT2D eigenvalue weighted by atomic mass is 127. The molecule has 1 saturated carbocycles. The Bertz CT molecular complexity index is 724. The average Bonchev–Trinajstić information content (AvgIpc) is 3.16. The van der Waals surface area contributed by atoms with Crippen molar-refractivity contribution in [1.82, 2.24) is 0 Å². The van der Waals surface area contributed by atoms with Crippen LogP contribution >= 0.6 is 22.6 Å². The minimum atomic E-state index is -0.115. The van der Waals surface area contributed by atoms with E-state index in [0.29, 0.717) is 19.1 Å². The number of halogens is 1. The van der Waals surface area contributed by atoms with E-state index in [4.69, 9.17) is 14.2 Å². The SMILES string of the molecule is CCOC(=O)[C@H]1[C@@H]2OC3=CC(OCc4cccc(I)c4)=CCC3[C@@H]21. The molecule has 4 nitrogen and oxygen atoms in total. The first-order valence-corrected chi connectivity index (χ1v) is 9.37. The summed E-state index contributed by atoms with van der Waals surface area (Å²) in [5.74, 6) is 2.21. The Kier molecular flexibility index (Phi) is 4.28. The summed E-state index contributed by atoms with van der Waals surface area (Å²) in [4.78, 5) is 11.9. The van der Waals surface area contributed by atoms with Crippen LogP contribution in [0.4, 0.5) is 0 Å². The first kappa shape index (κ1) is 16.0. The molecule has 4 rings (SSSR count). The zero-order valence-electron chi connectivity index (χ0n) is 13.4. The zero-order chi connectivity index (χ0) is 16.7. The summed E-state index contributed by atoms with van der Waals surface area (Å²) in [6, 6.07) is 8.28. The third-order valence-electron chi connectivity index (χ3n) is 4.82. The van der Waals surface area contributed by atoms with Crippen molar-refractivity contribution in [2.24, 2.45) is 17.8 Å². The van der Waals surface area contributed by atoms with Gasteiger partial charge in [0.25, 0.3) is 0 Å². The second kappa shape index (κ2) is 6.43. The molecule has 1 aromatic carbocycles. The minimum absolute atomic E-state index is 0.00347. The number of fused-ring (bicyclic) bond motifs is 3. The van der Waals surface area contributed by atoms with Gasteiger partial charge in [-0.05, 0) is 59.7 Å². The average molecular weight is 438 g/mol. The largest absolute Gasteiger partial charge is 0.493 e. The number of esters is 1. The maximum Gasteiger partial charge on any atom is 0.313 e. The first-order valence-electron chi connectivity index (χ1n) is 8.29. The summed E-state index contributed by atoms with van der Waals surface area (Å²) >= 11 is 2.30. The summed E-state index contributed by atoms with van der Waals surface area (Å²) in [5.41, 5.74) is 1.15. The van der Waals surface area contributed by atoms with Gasteiger partial charge in [0.2, 0.25) is 0 Å². The summed E-state index contributed by atoms with van der Waals surface area (Å²) in [6.07, 6.45) is 4.96. The molecule has 1 heterocycles. The first-order chi connectivity index (χ1) is 11.7. The normalized spacial score (nSPS) is 29.6. The van der Waals surface area contributed by atoms with E-state index in [1.165, 1.54) is 3.57 Å². The molecule has 0 bridgehead atoms. The summed E-state index contributed by atoms with van der Waals surface area (Å²) < 4.78 is 18.2. The molecule has 0 amide bonds. The molecule has 3 aliphatic rings. The molecule has 0 radical (unpaired) electrons. The molecule has 1 saturated heterocycles. The van der Waals surface area contributed by atoms with Crippen LogP contribution in [0.3, 0.4) is 0 Å². The molecular weight excluding hydrogens is 419 g/mol. The molecule has 2 fully saturated rings. The number of carbonyl (C=O) groups excluding carboxylic acids is 1. The van der Waals surface area contributed by atoms with Gasteiger partial charge >= 0.3 is 5.97 Å². The van der Waals surface area contributed by atoms with Gasteiger partial charge in [-0.2, -0.15) is 0 Å². The van der Waals surface area contributed by atoms with Crippen LogP contribution in [-0.2, 0) is 25.6 Å². The minimum Gasteiger partial charge on any atom is -0.493 e. The van der Waals surface area contributed by atoms with Gasteiger partial charge < -0.3 is 14.2 Å². The maximum absolute atomic E-state index is 11.9. The van der Waals surface area contributed by atoms with Crippen LogP contribution in [-0.4, -0.2) is 18.7 Å². The van der Waals surface area contributed by atoms with Crippen molar-refractivity contribution in [3.8, 4) is 0 Å². The highest BCUT2D eigenvalue weighted by Crippen LogP contribution is 2.59. The van der Waals surface area contributed by atoms with Gasteiger partial charge in [-0.15, -0.1) is 0 Å². The Labute approximate surface area is 155 Å². The molecule has 1 aromatic rings. The van der Waals surface area contributed by atoms with Crippen molar-refractivity contribution in [2.75, 3.05) is 6.61 Å². The Morgan fingerprint density at radius 2 is 2.29 bits per heavy atom. The fraction of sp³-hybridized carbons (Fsp3) is 0.421. The van der Waals surface area contributed by atoms with Gasteiger partial charge in [0, 0.05) is 21.5 Å². The third-order valence-corrected chi connectivity index (χ3v) is 5.49. The van der Waals surface area contributed by atoms with Gasteiger partial charge in [-0.25, -0.2) is 0 Å². The van der Waals surface area contributed by atoms with E-state index in [0.717, 1.165) is 23.5 Å². The highest BCUT2D eigenvalue weighted by molar-refractivity contribution is 14.1. The lowest BCUT2D eigenvalue weighted by Gasteiger charge is -2.20. The number of hydrogen-bond acceptors (Lipinski definition) is 4. The highest BCUT2D eigenvalue weighted by Gasteiger charge is 2.66. The van der Waals surface area contributed by atoms with E-state index in [2.05, 4.69) is 46.9 Å². The van der Waals surface area contributed by atoms with Crippen molar-refractivity contribution >= 4 is 28.6 Å². The van der Waals surface area contributed by atoms with Crippen molar-refractivity contribution in [1.29, 1.82) is 0 Å². The molecule has 2 aliphatic carbocycles. The molecular formula is C19H19IO4. The van der Waals surface area contributed by atoms with E-state index in [-0.39, 0.29) is 23.9 Å². The van der Waals surface area contributed by atoms with E-state index < -0.39 is 0 Å². The Balaban J connectivity index is 1.35. The summed E-state index contributed by atoms with van der Waals surface area (Å²) in [6.45, 7) is 2.82. The van der Waals surface area contributed by atoms with Crippen LogP contribution in [0.25, 0.3) is 0 Å². The summed E-state index contributed by atoms with van der Waals surface area (Å²) in [5, 5.41) is 0. The van der Waals surface area contributed by atoms with Gasteiger partial charge in [0.1, 0.15) is 30.1 Å². The van der Waals surface area contributed by atoms with Gasteiger partial charge in [0.15, 0.2) is 0 Å². The Hall–Kier alpha value is -1.50. The molecule has 24 heavy (non-hydrogen) atoms. The number of carbonyl (C=O) groups is 1. The molecule has 5 heteroatoms. The van der Waals surface area contributed by atoms with Crippen LogP contribution in [0, 0.1) is 21.3 Å². The van der Waals surface area contributed by atoms with Crippen molar-refractivity contribution in [3.63, 3.8) is 0 Å². The lowest BCUT2D eigenvalue weighted by atomic mass is 9.92. The fourth-order valence-corrected chi connectivity index (χ4v) is 4.26. The fourth-order valence-electron chi connectivity index (χ4n) is 3.65. The lowest BCUT2D eigenvalue weighted by Crippen LogP contribution is -2.17. The predicted molar refractivity (Wildman–Crippen MR) is 96.7 cm³/mol. The number of hydrogen-bond donors (Lipinski definition) is 0. The molecule has 0 aromatic heterocycles. The molecule has 126 valence electrons. The van der Waals surface area contributed by atoms with Crippen molar-refractivity contribution in [3.05, 3.63) is 57.1 Å². The van der Waals surface area contributed by atoms with Crippen molar-refractivity contribution in [2.45, 2.75) is 26.1 Å². The van der Waals surface area contributed by atoms with Crippen molar-refractivity contribution < 1.29 is 19.0 Å². The number of rotatable bonds is 5. The zero-order valence-corrected chi connectivity index (χ0v) is 15.6. The van der Waals surface area contributed by atoms with Gasteiger partial charge in [-0.3, -0.25) is 4.79 Å². The van der Waals surface area contributed by atoms with E-state index in [1.54, 1.807) is 0 Å². The van der Waals surface area contributed by atoms with Crippen LogP contribution in [0.1, 0.15) is 18.9 Å². The van der Waals surface area contributed by atoms with E-state index >= 15 is 0 Å². The molecule has 0 N–H and O–H groups in total. The lowest BCUT2D eigenvalue weighted by molar-refractivity contribution is -0.146. The Morgan fingerprint density at radius 3 is 3.08 bits per heavy atom. The quantitative estimate of drug-likeness (QED) is 0.519. The topological polar surface area (TPSA) is 44.8 Å². The van der Waals surface area contributed by atoms with Crippen LogP contribution in [0.5, 0.6) is 0 Å².